The van der Waals surface area contributed by atoms with Gasteiger partial charge in [-0.25, -0.2) is 8.42 Å². The molecule has 2 aromatic carbocycles. The van der Waals surface area contributed by atoms with E-state index in [1.807, 2.05) is 25.1 Å². The second kappa shape index (κ2) is 7.49. The number of aryl methyl sites for hydroxylation is 1. The van der Waals surface area contributed by atoms with Gasteiger partial charge in [0.2, 0.25) is 5.91 Å². The van der Waals surface area contributed by atoms with Crippen LogP contribution in [0.4, 0.5) is 5.69 Å². The molecule has 0 saturated heterocycles. The van der Waals surface area contributed by atoms with Gasteiger partial charge < -0.3 is 10.1 Å². The standard InChI is InChI=1S/C18H21NO4S/c1-13-4-7-16(11-15(13)12-24(3,21)22)19-18(20)10-14-5-8-17(23-2)9-6-14/h4-9,11H,10,12H2,1-3H3,(H,19,20). The molecule has 5 nitrogen and oxygen atoms in total. The van der Waals surface area contributed by atoms with Crippen molar-refractivity contribution in [1.29, 1.82) is 0 Å². The number of benzene rings is 2. The van der Waals surface area contributed by atoms with Crippen molar-refractivity contribution in [3.05, 3.63) is 59.2 Å². The van der Waals surface area contributed by atoms with Crippen LogP contribution in [0.2, 0.25) is 0 Å². The molecule has 24 heavy (non-hydrogen) atoms. The van der Waals surface area contributed by atoms with Gasteiger partial charge in [0.1, 0.15) is 5.75 Å². The zero-order valence-electron chi connectivity index (χ0n) is 14.0. The Bertz CT molecular complexity index is 827. The summed E-state index contributed by atoms with van der Waals surface area (Å²) in [5.41, 5.74) is 3.04. The van der Waals surface area contributed by atoms with Gasteiger partial charge in [0.15, 0.2) is 9.84 Å². The van der Waals surface area contributed by atoms with Crippen LogP contribution in [-0.2, 0) is 26.8 Å². The zero-order chi connectivity index (χ0) is 17.7. The molecule has 0 atom stereocenters. The average molecular weight is 347 g/mol. The normalized spacial score (nSPS) is 11.1. The van der Waals surface area contributed by atoms with Crippen LogP contribution >= 0.6 is 0 Å². The fraction of sp³-hybridized carbons (Fsp3) is 0.278. The first kappa shape index (κ1) is 18.0. The smallest absolute Gasteiger partial charge is 0.228 e. The number of amides is 1. The number of hydrogen-bond donors (Lipinski definition) is 1. The second-order valence-corrected chi connectivity index (χ2v) is 7.92. The van der Waals surface area contributed by atoms with Crippen LogP contribution in [0.25, 0.3) is 0 Å². The highest BCUT2D eigenvalue weighted by Gasteiger charge is 2.10. The first-order valence-electron chi connectivity index (χ1n) is 7.47. The Morgan fingerprint density at radius 3 is 2.38 bits per heavy atom. The zero-order valence-corrected chi connectivity index (χ0v) is 14.8. The Hall–Kier alpha value is -2.34. The van der Waals surface area contributed by atoms with E-state index in [2.05, 4.69) is 5.32 Å². The van der Waals surface area contributed by atoms with E-state index >= 15 is 0 Å². The number of ether oxygens (including phenoxy) is 1. The number of nitrogens with one attached hydrogen (secondary N) is 1. The Morgan fingerprint density at radius 1 is 1.12 bits per heavy atom. The van der Waals surface area contributed by atoms with E-state index < -0.39 is 9.84 Å². The summed E-state index contributed by atoms with van der Waals surface area (Å²) in [5.74, 6) is 0.540. The summed E-state index contributed by atoms with van der Waals surface area (Å²) in [7, 11) is -1.53. The van der Waals surface area contributed by atoms with Gasteiger partial charge in [-0.1, -0.05) is 18.2 Å². The number of methoxy groups -OCH3 is 1. The van der Waals surface area contributed by atoms with Gasteiger partial charge in [-0.2, -0.15) is 0 Å². The predicted molar refractivity (Wildman–Crippen MR) is 95.1 cm³/mol. The highest BCUT2D eigenvalue weighted by molar-refractivity contribution is 7.89. The van der Waals surface area contributed by atoms with Crippen LogP contribution in [-0.4, -0.2) is 27.7 Å². The van der Waals surface area contributed by atoms with Crippen LogP contribution < -0.4 is 10.1 Å². The summed E-state index contributed by atoms with van der Waals surface area (Å²) in [6, 6.07) is 12.6. The Kier molecular flexibility index (Phi) is 5.62. The fourth-order valence-corrected chi connectivity index (χ4v) is 3.20. The molecule has 0 saturated carbocycles. The third kappa shape index (κ3) is 5.38. The lowest BCUT2D eigenvalue weighted by Crippen LogP contribution is -2.15. The molecule has 0 bridgehead atoms. The lowest BCUT2D eigenvalue weighted by molar-refractivity contribution is -0.115. The topological polar surface area (TPSA) is 72.5 Å². The van der Waals surface area contributed by atoms with Crippen molar-refractivity contribution in [2.45, 2.75) is 19.1 Å². The minimum absolute atomic E-state index is 0.0407. The van der Waals surface area contributed by atoms with Crippen LogP contribution in [0, 0.1) is 6.92 Å². The lowest BCUT2D eigenvalue weighted by Gasteiger charge is -2.10. The molecular weight excluding hydrogens is 326 g/mol. The van der Waals surface area contributed by atoms with Crippen LogP contribution in [0.15, 0.2) is 42.5 Å². The molecule has 0 unspecified atom stereocenters. The maximum absolute atomic E-state index is 12.2. The monoisotopic (exact) mass is 347 g/mol. The van der Waals surface area contributed by atoms with Crippen molar-refractivity contribution >= 4 is 21.4 Å². The predicted octanol–water partition coefficient (Wildman–Crippen LogP) is 2.73. The van der Waals surface area contributed by atoms with Gasteiger partial charge in [-0.3, -0.25) is 4.79 Å². The Morgan fingerprint density at radius 2 is 1.79 bits per heavy atom. The van der Waals surface area contributed by atoms with Gasteiger partial charge in [0.05, 0.1) is 19.3 Å². The van der Waals surface area contributed by atoms with E-state index in [-0.39, 0.29) is 18.1 Å². The fourth-order valence-electron chi connectivity index (χ4n) is 2.32. The Labute approximate surface area is 142 Å². The molecule has 0 aliphatic heterocycles. The highest BCUT2D eigenvalue weighted by atomic mass is 32.2. The summed E-state index contributed by atoms with van der Waals surface area (Å²) in [4.78, 5) is 12.2. The molecule has 128 valence electrons. The minimum Gasteiger partial charge on any atom is -0.497 e. The molecule has 0 aliphatic carbocycles. The molecule has 0 fully saturated rings. The summed E-state index contributed by atoms with van der Waals surface area (Å²) in [6.07, 6.45) is 1.43. The quantitative estimate of drug-likeness (QED) is 0.872. The van der Waals surface area contributed by atoms with E-state index in [0.717, 1.165) is 16.9 Å². The van der Waals surface area contributed by atoms with E-state index in [9.17, 15) is 13.2 Å². The van der Waals surface area contributed by atoms with E-state index in [4.69, 9.17) is 4.74 Å². The summed E-state index contributed by atoms with van der Waals surface area (Å²) in [6.45, 7) is 1.85. The molecule has 0 radical (unpaired) electrons. The molecule has 0 aromatic heterocycles. The molecule has 0 spiro atoms. The van der Waals surface area contributed by atoms with Crippen molar-refractivity contribution in [2.24, 2.45) is 0 Å². The molecule has 1 N–H and O–H groups in total. The highest BCUT2D eigenvalue weighted by Crippen LogP contribution is 2.18. The second-order valence-electron chi connectivity index (χ2n) is 5.78. The largest absolute Gasteiger partial charge is 0.497 e. The molecular formula is C18H21NO4S. The van der Waals surface area contributed by atoms with Crippen LogP contribution in [0.1, 0.15) is 16.7 Å². The molecule has 1 amide bonds. The van der Waals surface area contributed by atoms with Crippen molar-refractivity contribution in [2.75, 3.05) is 18.7 Å². The maximum atomic E-state index is 12.2. The molecule has 2 aromatic rings. The third-order valence-electron chi connectivity index (χ3n) is 3.57. The van der Waals surface area contributed by atoms with Crippen molar-refractivity contribution in [3.63, 3.8) is 0 Å². The van der Waals surface area contributed by atoms with Gasteiger partial charge >= 0.3 is 0 Å². The Balaban J connectivity index is 2.06. The van der Waals surface area contributed by atoms with E-state index in [0.29, 0.717) is 11.3 Å². The van der Waals surface area contributed by atoms with Crippen molar-refractivity contribution in [3.8, 4) is 5.75 Å². The summed E-state index contributed by atoms with van der Waals surface area (Å²) < 4.78 is 28.0. The SMILES string of the molecule is COc1ccc(CC(=O)Nc2ccc(C)c(CS(C)(=O)=O)c2)cc1. The van der Waals surface area contributed by atoms with Gasteiger partial charge in [0, 0.05) is 11.9 Å². The minimum atomic E-state index is -3.12. The molecule has 0 aliphatic rings. The first-order chi connectivity index (χ1) is 11.3. The van der Waals surface area contributed by atoms with Crippen LogP contribution in [0.3, 0.4) is 0 Å². The lowest BCUT2D eigenvalue weighted by atomic mass is 10.1. The number of anilines is 1. The van der Waals surface area contributed by atoms with Gasteiger partial charge in [-0.15, -0.1) is 0 Å². The average Bonchev–Trinajstić information content (AvgIpc) is 2.50. The molecule has 2 rings (SSSR count). The van der Waals surface area contributed by atoms with Gasteiger partial charge in [-0.05, 0) is 47.9 Å². The molecule has 6 heteroatoms. The van der Waals surface area contributed by atoms with Crippen LogP contribution in [0.5, 0.6) is 5.75 Å². The summed E-state index contributed by atoms with van der Waals surface area (Å²) >= 11 is 0. The van der Waals surface area contributed by atoms with E-state index in [1.54, 1.807) is 31.4 Å². The summed E-state index contributed by atoms with van der Waals surface area (Å²) in [5, 5.41) is 2.81. The first-order valence-corrected chi connectivity index (χ1v) is 9.53. The van der Waals surface area contributed by atoms with Crippen molar-refractivity contribution in [1.82, 2.24) is 0 Å². The number of carbonyl (C=O) groups is 1. The van der Waals surface area contributed by atoms with Gasteiger partial charge in [0.25, 0.3) is 0 Å². The van der Waals surface area contributed by atoms with E-state index in [1.165, 1.54) is 6.26 Å². The maximum Gasteiger partial charge on any atom is 0.228 e. The molecule has 0 heterocycles. The number of rotatable bonds is 6. The number of sulfone groups is 1. The van der Waals surface area contributed by atoms with Crippen molar-refractivity contribution < 1.29 is 17.9 Å². The third-order valence-corrected chi connectivity index (χ3v) is 4.41. The number of hydrogen-bond acceptors (Lipinski definition) is 4. The number of carbonyl (C=O) groups excluding carboxylic acids is 1.